The van der Waals surface area contributed by atoms with Gasteiger partial charge >= 0.3 is 5.97 Å². The van der Waals surface area contributed by atoms with E-state index in [-0.39, 0.29) is 17.8 Å². The van der Waals surface area contributed by atoms with Crippen molar-refractivity contribution in [3.8, 4) is 0 Å². The lowest BCUT2D eigenvalue weighted by Crippen LogP contribution is -2.40. The van der Waals surface area contributed by atoms with Gasteiger partial charge in [-0.15, -0.1) is 0 Å². The smallest absolute Gasteiger partial charge is 0.307 e. The van der Waals surface area contributed by atoms with Gasteiger partial charge in [-0.05, 0) is 44.5 Å². The minimum Gasteiger partial charge on any atom is -0.481 e. The van der Waals surface area contributed by atoms with Crippen LogP contribution in [0.5, 0.6) is 0 Å². The number of nitrogens with zero attached hydrogens (tertiary/aromatic N) is 1. The molecule has 104 valence electrons. The van der Waals surface area contributed by atoms with Crippen LogP contribution >= 0.6 is 15.9 Å². The van der Waals surface area contributed by atoms with E-state index in [1.54, 1.807) is 12.1 Å². The summed E-state index contributed by atoms with van der Waals surface area (Å²) in [6.07, 6.45) is 1.55. The van der Waals surface area contributed by atoms with Crippen molar-refractivity contribution in [2.45, 2.75) is 25.8 Å². The van der Waals surface area contributed by atoms with Gasteiger partial charge in [-0.2, -0.15) is 0 Å². The molecule has 2 rings (SSSR count). The molecule has 3 nitrogen and oxygen atoms in total. The van der Waals surface area contributed by atoms with Crippen LogP contribution in [0.2, 0.25) is 0 Å². The van der Waals surface area contributed by atoms with Gasteiger partial charge in [0.25, 0.3) is 0 Å². The molecule has 1 fully saturated rings. The number of carbonyl (C=O) groups is 1. The van der Waals surface area contributed by atoms with E-state index in [0.717, 1.165) is 17.4 Å². The summed E-state index contributed by atoms with van der Waals surface area (Å²) in [6.45, 7) is 3.23. The summed E-state index contributed by atoms with van der Waals surface area (Å²) >= 11 is 3.34. The van der Waals surface area contributed by atoms with Crippen molar-refractivity contribution >= 4 is 21.9 Å². The molecule has 2 unspecified atom stereocenters. The first kappa shape index (κ1) is 14.5. The summed E-state index contributed by atoms with van der Waals surface area (Å²) in [6, 6.07) is 4.76. The fraction of sp³-hybridized carbons (Fsp3) is 0.500. The molecule has 0 aliphatic carbocycles. The molecular formula is C14H17BrFNO2. The van der Waals surface area contributed by atoms with Crippen molar-refractivity contribution in [3.05, 3.63) is 34.1 Å². The average Bonchev–Trinajstić information content (AvgIpc) is 2.41. The lowest BCUT2D eigenvalue weighted by Gasteiger charge is -2.35. The minimum atomic E-state index is -0.758. The van der Waals surface area contributed by atoms with Gasteiger partial charge in [0, 0.05) is 22.6 Å². The van der Waals surface area contributed by atoms with Crippen LogP contribution in [-0.4, -0.2) is 29.1 Å². The number of carboxylic acid groups (broad SMARTS) is 1. The van der Waals surface area contributed by atoms with Crippen molar-refractivity contribution in [1.29, 1.82) is 0 Å². The molecule has 1 aliphatic rings. The highest BCUT2D eigenvalue weighted by Gasteiger charge is 2.29. The molecule has 0 spiro atoms. The Balaban J connectivity index is 2.16. The number of aliphatic carboxylic acids is 1. The predicted octanol–water partition coefficient (Wildman–Crippen LogP) is 3.45. The number of rotatable bonds is 3. The van der Waals surface area contributed by atoms with Gasteiger partial charge in [-0.25, -0.2) is 4.39 Å². The van der Waals surface area contributed by atoms with Crippen molar-refractivity contribution < 1.29 is 14.3 Å². The first-order valence-electron chi connectivity index (χ1n) is 6.41. The van der Waals surface area contributed by atoms with Crippen molar-refractivity contribution in [2.24, 2.45) is 5.92 Å². The van der Waals surface area contributed by atoms with Gasteiger partial charge in [0.2, 0.25) is 0 Å². The molecule has 0 radical (unpaired) electrons. The van der Waals surface area contributed by atoms with E-state index in [0.29, 0.717) is 18.5 Å². The van der Waals surface area contributed by atoms with E-state index in [4.69, 9.17) is 5.11 Å². The number of hydrogen-bond donors (Lipinski definition) is 1. The summed E-state index contributed by atoms with van der Waals surface area (Å²) in [5.74, 6) is -1.34. The number of benzene rings is 1. The molecule has 0 saturated carbocycles. The Morgan fingerprint density at radius 1 is 1.58 bits per heavy atom. The highest BCUT2D eigenvalue weighted by atomic mass is 79.9. The lowest BCUT2D eigenvalue weighted by atomic mass is 9.95. The molecule has 1 N–H and O–H groups in total. The molecule has 1 saturated heterocycles. The molecular weight excluding hydrogens is 313 g/mol. The van der Waals surface area contributed by atoms with Crippen LogP contribution in [0.25, 0.3) is 0 Å². The molecule has 1 aromatic rings. The van der Waals surface area contributed by atoms with Crippen molar-refractivity contribution in [3.63, 3.8) is 0 Å². The highest BCUT2D eigenvalue weighted by molar-refractivity contribution is 9.10. The Bertz CT molecular complexity index is 481. The quantitative estimate of drug-likeness (QED) is 0.923. The second-order valence-corrected chi connectivity index (χ2v) is 5.93. The molecule has 5 heteroatoms. The monoisotopic (exact) mass is 329 g/mol. The minimum absolute atomic E-state index is 0.111. The Morgan fingerprint density at radius 2 is 2.32 bits per heavy atom. The van der Waals surface area contributed by atoms with E-state index < -0.39 is 5.97 Å². The third-order valence-corrected chi connectivity index (χ3v) is 4.25. The molecule has 1 heterocycles. The van der Waals surface area contributed by atoms with Gasteiger partial charge in [-0.1, -0.05) is 15.9 Å². The fourth-order valence-corrected chi connectivity index (χ4v) is 2.97. The second kappa shape index (κ2) is 6.01. The zero-order valence-electron chi connectivity index (χ0n) is 10.8. The van der Waals surface area contributed by atoms with Crippen LogP contribution < -0.4 is 0 Å². The summed E-state index contributed by atoms with van der Waals surface area (Å²) in [5, 5.41) is 9.10. The van der Waals surface area contributed by atoms with E-state index in [1.165, 1.54) is 6.07 Å². The third-order valence-electron chi connectivity index (χ3n) is 3.76. The predicted molar refractivity (Wildman–Crippen MR) is 74.4 cm³/mol. The van der Waals surface area contributed by atoms with Crippen molar-refractivity contribution in [2.75, 3.05) is 13.1 Å². The Labute approximate surface area is 120 Å². The summed E-state index contributed by atoms with van der Waals surface area (Å²) < 4.78 is 14.7. The van der Waals surface area contributed by atoms with Gasteiger partial charge in [0.15, 0.2) is 0 Å². The molecule has 0 amide bonds. The number of piperidine rings is 1. The maximum absolute atomic E-state index is 13.9. The van der Waals surface area contributed by atoms with Crippen molar-refractivity contribution in [1.82, 2.24) is 4.90 Å². The Morgan fingerprint density at radius 3 is 3.00 bits per heavy atom. The van der Waals surface area contributed by atoms with E-state index in [2.05, 4.69) is 15.9 Å². The second-order valence-electron chi connectivity index (χ2n) is 5.01. The van der Waals surface area contributed by atoms with Gasteiger partial charge in [0.05, 0.1) is 5.92 Å². The largest absolute Gasteiger partial charge is 0.481 e. The molecule has 1 aliphatic heterocycles. The zero-order valence-corrected chi connectivity index (χ0v) is 12.4. The molecule has 1 aromatic carbocycles. The number of halogens is 2. The van der Waals surface area contributed by atoms with E-state index >= 15 is 0 Å². The van der Waals surface area contributed by atoms with Crippen LogP contribution in [0, 0.1) is 11.7 Å². The zero-order chi connectivity index (χ0) is 14.0. The van der Waals surface area contributed by atoms with Gasteiger partial charge in [0.1, 0.15) is 5.82 Å². The standard InChI is InChI=1S/C14H17BrFNO2/c1-9(12-7-11(15)4-5-13(12)16)17-6-2-3-10(8-17)14(18)19/h4-5,7,9-10H,2-3,6,8H2,1H3,(H,18,19). The first-order chi connectivity index (χ1) is 8.99. The number of likely N-dealkylation sites (tertiary alicyclic amines) is 1. The Kier molecular flexibility index (Phi) is 4.58. The molecule has 0 aromatic heterocycles. The maximum Gasteiger partial charge on any atom is 0.307 e. The lowest BCUT2D eigenvalue weighted by molar-refractivity contribution is -0.143. The Hall–Kier alpha value is -0.940. The summed E-state index contributed by atoms with van der Waals surface area (Å²) in [7, 11) is 0. The van der Waals surface area contributed by atoms with Crippen LogP contribution in [0.3, 0.4) is 0 Å². The van der Waals surface area contributed by atoms with Crippen LogP contribution in [0.15, 0.2) is 22.7 Å². The summed E-state index contributed by atoms with van der Waals surface area (Å²) in [4.78, 5) is 13.1. The van der Waals surface area contributed by atoms with Crippen LogP contribution in [0.4, 0.5) is 4.39 Å². The third kappa shape index (κ3) is 3.34. The molecule has 2 atom stereocenters. The molecule has 0 bridgehead atoms. The first-order valence-corrected chi connectivity index (χ1v) is 7.20. The SMILES string of the molecule is CC(c1cc(Br)ccc1F)N1CCCC(C(=O)O)C1. The maximum atomic E-state index is 13.9. The topological polar surface area (TPSA) is 40.5 Å². The van der Waals surface area contributed by atoms with Gasteiger partial charge in [-0.3, -0.25) is 9.69 Å². The molecule has 19 heavy (non-hydrogen) atoms. The van der Waals surface area contributed by atoms with Crippen LogP contribution in [0.1, 0.15) is 31.4 Å². The van der Waals surface area contributed by atoms with Crippen LogP contribution in [-0.2, 0) is 4.79 Å². The van der Waals surface area contributed by atoms with E-state index in [1.807, 2.05) is 11.8 Å². The van der Waals surface area contributed by atoms with Gasteiger partial charge < -0.3 is 5.11 Å². The highest BCUT2D eigenvalue weighted by Crippen LogP contribution is 2.29. The average molecular weight is 330 g/mol. The number of carboxylic acids is 1. The summed E-state index contributed by atoms with van der Waals surface area (Å²) in [5.41, 5.74) is 0.611. The normalized spacial score (nSPS) is 22.2. The number of hydrogen-bond acceptors (Lipinski definition) is 2. The fourth-order valence-electron chi connectivity index (χ4n) is 2.59. The van der Waals surface area contributed by atoms with E-state index in [9.17, 15) is 9.18 Å².